The van der Waals surface area contributed by atoms with Gasteiger partial charge in [0.05, 0.1) is 5.36 Å². The lowest BCUT2D eigenvalue weighted by Crippen LogP contribution is -2.55. The molecule has 0 radical (unpaired) electrons. The van der Waals surface area contributed by atoms with Crippen LogP contribution in [-0.4, -0.2) is 28.5 Å². The molecule has 0 fully saturated rings. The molecule has 5 nitrogen and oxygen atoms in total. The normalized spacial score (nSPS) is 27.7. The number of hydrogen-bond acceptors (Lipinski definition) is 5. The van der Waals surface area contributed by atoms with Crippen molar-refractivity contribution in [3.05, 3.63) is 44.9 Å². The molecule has 3 atom stereocenters. The first-order chi connectivity index (χ1) is 12.5. The molecule has 0 saturated heterocycles. The highest BCUT2D eigenvalue weighted by molar-refractivity contribution is 9.10. The molecule has 1 aromatic rings. The highest BCUT2D eigenvalue weighted by Gasteiger charge is 2.39. The molecule has 1 N–H and O–H groups in total. The van der Waals surface area contributed by atoms with Crippen molar-refractivity contribution in [1.82, 2.24) is 10.3 Å². The number of amidine groups is 1. The van der Waals surface area contributed by atoms with Crippen molar-refractivity contribution in [2.45, 2.75) is 32.9 Å². The number of carbonyl (C=O) groups excluding carboxylic acids is 1. The van der Waals surface area contributed by atoms with Gasteiger partial charge in [0.1, 0.15) is 11.9 Å². The Bertz CT molecular complexity index is 955. The summed E-state index contributed by atoms with van der Waals surface area (Å²) in [6.45, 7) is 4.46. The van der Waals surface area contributed by atoms with E-state index in [1.165, 1.54) is 17.3 Å². The molecule has 1 aliphatic carbocycles. The number of hydrazone groups is 1. The summed E-state index contributed by atoms with van der Waals surface area (Å²) in [4.78, 5) is 17.9. The highest BCUT2D eigenvalue weighted by Crippen LogP contribution is 2.36. The van der Waals surface area contributed by atoms with Gasteiger partial charge in [-0.25, -0.2) is 5.01 Å². The first-order valence-corrected chi connectivity index (χ1v) is 10.8. The van der Waals surface area contributed by atoms with Crippen LogP contribution in [-0.2, 0) is 4.79 Å². The number of rotatable bonds is 1. The van der Waals surface area contributed by atoms with Crippen molar-refractivity contribution in [3.63, 3.8) is 0 Å². The summed E-state index contributed by atoms with van der Waals surface area (Å²) in [5, 5.41) is 11.8. The number of hydrogen-bond donors (Lipinski definition) is 1. The van der Waals surface area contributed by atoms with Crippen LogP contribution in [0.2, 0.25) is 0 Å². The van der Waals surface area contributed by atoms with Crippen molar-refractivity contribution in [3.8, 4) is 0 Å². The molecule has 0 unspecified atom stereocenters. The van der Waals surface area contributed by atoms with E-state index in [1.807, 2.05) is 29.5 Å². The monoisotopic (exact) mass is 432 g/mol. The molecule has 4 rings (SSSR count). The summed E-state index contributed by atoms with van der Waals surface area (Å²) in [7, 11) is 0. The van der Waals surface area contributed by atoms with Crippen LogP contribution in [0.15, 0.2) is 44.4 Å². The molecule has 0 saturated carbocycles. The lowest BCUT2D eigenvalue weighted by Gasteiger charge is -2.40. The van der Waals surface area contributed by atoms with E-state index in [-0.39, 0.29) is 12.1 Å². The van der Waals surface area contributed by atoms with Crippen molar-refractivity contribution in [1.29, 1.82) is 0 Å². The quantitative estimate of drug-likeness (QED) is 0.693. The Hall–Kier alpha value is -1.60. The minimum atomic E-state index is -0.161. The smallest absolute Gasteiger partial charge is 0.276 e. The van der Waals surface area contributed by atoms with Gasteiger partial charge < -0.3 is 0 Å². The van der Waals surface area contributed by atoms with Crippen molar-refractivity contribution >= 4 is 44.5 Å². The number of nitrogens with zero attached hydrogens (tertiary/aromatic N) is 3. The van der Waals surface area contributed by atoms with E-state index in [2.05, 4.69) is 41.2 Å². The molecule has 0 bridgehead atoms. The molecular formula is C19H21BrN4OS. The molecule has 2 heterocycles. The zero-order valence-corrected chi connectivity index (χ0v) is 17.4. The van der Waals surface area contributed by atoms with E-state index in [1.54, 1.807) is 0 Å². The maximum absolute atomic E-state index is 12.9. The van der Waals surface area contributed by atoms with Crippen molar-refractivity contribution in [2.75, 3.05) is 6.26 Å². The van der Waals surface area contributed by atoms with Gasteiger partial charge in [0.25, 0.3) is 5.91 Å². The van der Waals surface area contributed by atoms with Crippen LogP contribution in [0.4, 0.5) is 0 Å². The third-order valence-electron chi connectivity index (χ3n) is 5.29. The summed E-state index contributed by atoms with van der Waals surface area (Å²) in [6.07, 6.45) is 6.09. The SMILES string of the molecule is CSC1=NN2C(=c3cc(Br)ccc3=N[C@@H]2[C@H]2CC=C(C)C[C@H]2C)C(=O)N1. The van der Waals surface area contributed by atoms with E-state index in [4.69, 9.17) is 10.1 Å². The number of amides is 1. The van der Waals surface area contributed by atoms with Crippen molar-refractivity contribution < 1.29 is 4.79 Å². The fourth-order valence-electron chi connectivity index (χ4n) is 3.97. The van der Waals surface area contributed by atoms with Gasteiger partial charge in [0, 0.05) is 15.6 Å². The number of nitrogens with one attached hydrogen (secondary N) is 1. The second kappa shape index (κ2) is 6.85. The van der Waals surface area contributed by atoms with Gasteiger partial charge in [-0.05, 0) is 50.1 Å². The number of halogens is 1. The Labute approximate surface area is 165 Å². The first kappa shape index (κ1) is 17.8. The molecule has 136 valence electrons. The van der Waals surface area contributed by atoms with E-state index in [0.717, 1.165) is 27.9 Å². The van der Waals surface area contributed by atoms with E-state index in [9.17, 15) is 4.79 Å². The molecule has 3 aliphatic rings. The zero-order chi connectivity index (χ0) is 18.4. The summed E-state index contributed by atoms with van der Waals surface area (Å²) >= 11 is 4.95. The first-order valence-electron chi connectivity index (χ1n) is 8.74. The largest absolute Gasteiger partial charge is 0.298 e. The van der Waals surface area contributed by atoms with E-state index >= 15 is 0 Å². The zero-order valence-electron chi connectivity index (χ0n) is 15.0. The maximum Gasteiger partial charge on any atom is 0.276 e. The standard InChI is InChI=1S/C19H21BrN4OS/c1-10-4-6-13(11(2)8-10)17-21-15-7-5-12(20)9-14(15)16-18(25)22-19(26-3)23-24(16)17/h4-5,7,9,11,13,17H,6,8H2,1-3H3,(H,22,23,25)/t11-,13+,17+/m1/s1. The van der Waals surface area contributed by atoms with Crippen LogP contribution in [0.3, 0.4) is 0 Å². The van der Waals surface area contributed by atoms with Crippen molar-refractivity contribution in [2.24, 2.45) is 21.9 Å². The maximum atomic E-state index is 12.9. The van der Waals surface area contributed by atoms with Gasteiger partial charge in [0.15, 0.2) is 5.17 Å². The topological polar surface area (TPSA) is 57.1 Å². The fraction of sp³-hybridized carbons (Fsp3) is 0.421. The van der Waals surface area contributed by atoms with E-state index in [0.29, 0.717) is 22.7 Å². The number of allylic oxidation sites excluding steroid dienone is 2. The Morgan fingerprint density at radius 3 is 2.92 bits per heavy atom. The Balaban J connectivity index is 1.91. The van der Waals surface area contributed by atoms with Gasteiger partial charge in [-0.3, -0.25) is 15.1 Å². The molecule has 1 aromatic carbocycles. The van der Waals surface area contributed by atoms with Gasteiger partial charge in [0.2, 0.25) is 0 Å². The summed E-state index contributed by atoms with van der Waals surface area (Å²) < 4.78 is 0.925. The number of thioether (sulfide) groups is 1. The average molecular weight is 433 g/mol. The third kappa shape index (κ3) is 3.01. The van der Waals surface area contributed by atoms with Crippen LogP contribution >= 0.6 is 27.7 Å². The van der Waals surface area contributed by atoms with Crippen LogP contribution in [0.5, 0.6) is 0 Å². The predicted molar refractivity (Wildman–Crippen MR) is 109 cm³/mol. The molecule has 26 heavy (non-hydrogen) atoms. The minimum absolute atomic E-state index is 0.112. The lowest BCUT2D eigenvalue weighted by molar-refractivity contribution is -0.116. The molecule has 0 spiro atoms. The van der Waals surface area contributed by atoms with Crippen LogP contribution < -0.4 is 15.9 Å². The van der Waals surface area contributed by atoms with Crippen LogP contribution in [0, 0.1) is 11.8 Å². The second-order valence-corrected chi connectivity index (χ2v) is 8.80. The van der Waals surface area contributed by atoms with Crippen LogP contribution in [0.25, 0.3) is 5.70 Å². The Morgan fingerprint density at radius 1 is 1.38 bits per heavy atom. The number of fused-ring (bicyclic) bond motifs is 2. The average Bonchev–Trinajstić information content (AvgIpc) is 2.61. The third-order valence-corrected chi connectivity index (χ3v) is 6.35. The van der Waals surface area contributed by atoms with E-state index < -0.39 is 0 Å². The molecular weight excluding hydrogens is 412 g/mol. The van der Waals surface area contributed by atoms with Gasteiger partial charge in [-0.15, -0.1) is 5.10 Å². The lowest BCUT2D eigenvalue weighted by atomic mass is 9.79. The van der Waals surface area contributed by atoms with Gasteiger partial charge in [-0.2, -0.15) is 0 Å². The van der Waals surface area contributed by atoms with Gasteiger partial charge >= 0.3 is 0 Å². The summed E-state index contributed by atoms with van der Waals surface area (Å²) in [5.74, 6) is 0.701. The summed E-state index contributed by atoms with van der Waals surface area (Å²) in [6, 6.07) is 5.90. The number of carbonyl (C=O) groups is 1. The number of benzene rings is 1. The Kier molecular flexibility index (Phi) is 4.69. The molecule has 1 amide bonds. The molecule has 0 aromatic heterocycles. The molecule has 2 aliphatic heterocycles. The van der Waals surface area contributed by atoms with Crippen LogP contribution in [0.1, 0.15) is 26.7 Å². The molecule has 7 heteroatoms. The second-order valence-electron chi connectivity index (χ2n) is 7.09. The minimum Gasteiger partial charge on any atom is -0.298 e. The Morgan fingerprint density at radius 2 is 2.19 bits per heavy atom. The summed E-state index contributed by atoms with van der Waals surface area (Å²) in [5.41, 5.74) is 2.03. The fourth-order valence-corrected chi connectivity index (χ4v) is 4.70. The predicted octanol–water partition coefficient (Wildman–Crippen LogP) is 2.57. The van der Waals surface area contributed by atoms with Gasteiger partial charge in [-0.1, -0.05) is 46.3 Å². The highest BCUT2D eigenvalue weighted by atomic mass is 79.9.